The van der Waals surface area contributed by atoms with Crippen LogP contribution in [0.5, 0.6) is 0 Å². The third kappa shape index (κ3) is 43.6. The van der Waals surface area contributed by atoms with Crippen LogP contribution in [0.2, 0.25) is 0 Å². The fraction of sp³-hybridized carbons (Fsp3) is 0.630. The van der Waals surface area contributed by atoms with Gasteiger partial charge in [0.05, 0.1) is 19.8 Å². The molecule has 4 N–H and O–H groups in total. The highest BCUT2D eigenvalue weighted by Crippen LogP contribution is 2.43. The minimum Gasteiger partial charge on any atom is -0.462 e. The van der Waals surface area contributed by atoms with Gasteiger partial charge in [-0.25, -0.2) is 9.13 Å². The van der Waals surface area contributed by atoms with Crippen LogP contribution < -0.4 is 0 Å². The molecule has 0 heterocycles. The van der Waals surface area contributed by atoms with Gasteiger partial charge in [-0.1, -0.05) is 131 Å². The minimum atomic E-state index is -4.88. The lowest BCUT2D eigenvalue weighted by Crippen LogP contribution is -2.30. The van der Waals surface area contributed by atoms with Gasteiger partial charge in [0.1, 0.15) is 12.7 Å². The molecule has 0 aliphatic rings. The van der Waals surface area contributed by atoms with Crippen LogP contribution in [0.15, 0.2) is 85.1 Å². The number of unbranched alkanes of at least 4 members (excludes halogenated alkanes) is 10. The molecule has 0 aromatic carbocycles. The molecule has 0 saturated carbocycles. The maximum atomic E-state index is 12.7. The normalized spacial score (nSPS) is 14.7. The van der Waals surface area contributed by atoms with Crippen molar-refractivity contribution in [3.05, 3.63) is 85.1 Å². The Morgan fingerprint density at radius 2 is 1.03 bits per heavy atom. The second-order valence-electron chi connectivity index (χ2n) is 14.6. The van der Waals surface area contributed by atoms with Crippen molar-refractivity contribution in [2.75, 3.05) is 26.4 Å². The molecule has 16 heteroatoms. The molecule has 0 amide bonds. The molecule has 3 atom stereocenters. The number of hydrogen-bond acceptors (Lipinski definition) is 11. The number of carbonyl (C=O) groups is 3. The summed E-state index contributed by atoms with van der Waals surface area (Å²) in [6.45, 7) is 1.39. The second kappa shape index (κ2) is 40.7. The van der Waals surface area contributed by atoms with Crippen molar-refractivity contribution in [1.82, 2.24) is 0 Å². The van der Waals surface area contributed by atoms with E-state index in [1.165, 1.54) is 0 Å². The standard InChI is InChI=1S/C46H76O14P2/c1-3-5-7-8-9-10-11-12-13-14-15-16-17-18-19-22-26-29-33-37-46(50)60-44(41-59-62(54,55)58-39-43(48)38-57-61(51,52)53)40-56-45(49)36-32-28-25-23-20-21-24-27-31-35-42(47)34-30-6-4-2/h5,7,9-10,12-13,15-16,18-19,24,27,31,35,43-44,48H,3-4,6,8,11,14,17,20-23,25-26,28-30,32-34,36-41H2,1-2H3,(H,54,55)(H2,51,52,53)/b7-5-,10-9-,13-12-,16-15-,19-18-,27-24-,35-31+/t43-,44+/m0/s1. The summed E-state index contributed by atoms with van der Waals surface area (Å²) in [5.41, 5.74) is 0. The molecule has 0 radical (unpaired) electrons. The Kier molecular flexibility index (Phi) is 38.7. The Bertz CT molecular complexity index is 1480. The summed E-state index contributed by atoms with van der Waals surface area (Å²) < 4.78 is 47.7. The van der Waals surface area contributed by atoms with Crippen LogP contribution in [-0.2, 0) is 46.6 Å². The van der Waals surface area contributed by atoms with Crippen LogP contribution in [0, 0.1) is 0 Å². The van der Waals surface area contributed by atoms with Crippen LogP contribution in [0.1, 0.15) is 149 Å². The molecule has 0 aliphatic carbocycles. The number of aliphatic hydroxyl groups excluding tert-OH is 1. The molecule has 0 saturated heterocycles. The Hall–Kier alpha value is -3.03. The van der Waals surface area contributed by atoms with Gasteiger partial charge in [-0.05, 0) is 83.1 Å². The molecule has 0 fully saturated rings. The third-order valence-electron chi connectivity index (χ3n) is 8.73. The van der Waals surface area contributed by atoms with Crippen molar-refractivity contribution in [2.45, 2.75) is 161 Å². The first-order valence-corrected chi connectivity index (χ1v) is 25.3. The Morgan fingerprint density at radius 3 is 1.65 bits per heavy atom. The zero-order chi connectivity index (χ0) is 46.0. The smallest absolute Gasteiger partial charge is 0.462 e. The number of phosphoric ester groups is 2. The molecule has 0 rings (SSSR count). The highest BCUT2D eigenvalue weighted by Gasteiger charge is 2.28. The highest BCUT2D eigenvalue weighted by molar-refractivity contribution is 7.47. The van der Waals surface area contributed by atoms with Crippen LogP contribution in [0.25, 0.3) is 0 Å². The van der Waals surface area contributed by atoms with E-state index in [1.54, 1.807) is 12.2 Å². The number of phosphoric acid groups is 2. The number of ether oxygens (including phenoxy) is 2. The Morgan fingerprint density at radius 1 is 0.532 bits per heavy atom. The molecule has 0 aliphatic heterocycles. The lowest BCUT2D eigenvalue weighted by atomic mass is 10.1. The van der Waals surface area contributed by atoms with Crippen LogP contribution >= 0.6 is 15.6 Å². The average molecular weight is 915 g/mol. The van der Waals surface area contributed by atoms with Crippen molar-refractivity contribution >= 4 is 33.4 Å². The predicted molar refractivity (Wildman–Crippen MR) is 244 cm³/mol. The summed E-state index contributed by atoms with van der Waals surface area (Å²) in [7, 11) is -9.72. The van der Waals surface area contributed by atoms with Gasteiger partial charge >= 0.3 is 27.6 Å². The minimum absolute atomic E-state index is 0.0699. The van der Waals surface area contributed by atoms with E-state index in [-0.39, 0.29) is 18.6 Å². The van der Waals surface area contributed by atoms with Crippen molar-refractivity contribution < 1.29 is 66.3 Å². The Balaban J connectivity index is 4.65. The lowest BCUT2D eigenvalue weighted by molar-refractivity contribution is -0.161. The van der Waals surface area contributed by atoms with E-state index in [0.717, 1.165) is 103 Å². The molecule has 0 spiro atoms. The fourth-order valence-corrected chi connectivity index (χ4v) is 6.51. The largest absolute Gasteiger partial charge is 0.472 e. The van der Waals surface area contributed by atoms with Crippen molar-refractivity contribution in [3.63, 3.8) is 0 Å². The van der Waals surface area contributed by atoms with Crippen LogP contribution in [0.3, 0.4) is 0 Å². The van der Waals surface area contributed by atoms with Gasteiger partial charge in [0.15, 0.2) is 11.9 Å². The number of esters is 2. The fourth-order valence-electron chi connectivity index (χ4n) is 5.35. The number of allylic oxidation sites excluding steroid dienone is 14. The molecule has 354 valence electrons. The molecule has 14 nitrogen and oxygen atoms in total. The monoisotopic (exact) mass is 914 g/mol. The van der Waals surface area contributed by atoms with E-state index in [2.05, 4.69) is 83.7 Å². The summed E-state index contributed by atoms with van der Waals surface area (Å²) in [5, 5.41) is 9.75. The van der Waals surface area contributed by atoms with Crippen molar-refractivity contribution in [1.29, 1.82) is 0 Å². The summed E-state index contributed by atoms with van der Waals surface area (Å²) in [6.07, 6.45) is 42.7. The van der Waals surface area contributed by atoms with Gasteiger partial charge in [-0.2, -0.15) is 0 Å². The summed E-state index contributed by atoms with van der Waals surface area (Å²) >= 11 is 0. The van der Waals surface area contributed by atoms with Crippen molar-refractivity contribution in [3.8, 4) is 0 Å². The molecule has 0 aromatic rings. The van der Waals surface area contributed by atoms with Gasteiger partial charge in [-0.3, -0.25) is 28.0 Å². The van der Waals surface area contributed by atoms with E-state index >= 15 is 0 Å². The number of ketones is 1. The number of rotatable bonds is 41. The number of carbonyl (C=O) groups excluding carboxylic acids is 3. The molecular formula is C46H76O14P2. The first-order valence-electron chi connectivity index (χ1n) is 22.2. The van der Waals surface area contributed by atoms with Crippen LogP contribution in [0.4, 0.5) is 0 Å². The van der Waals surface area contributed by atoms with Gasteiger partial charge in [-0.15, -0.1) is 0 Å². The second-order valence-corrected chi connectivity index (χ2v) is 17.3. The number of aliphatic hydroxyl groups is 1. The predicted octanol–water partition coefficient (Wildman–Crippen LogP) is 10.7. The topological polar surface area (TPSA) is 212 Å². The molecular weight excluding hydrogens is 838 g/mol. The summed E-state index contributed by atoms with van der Waals surface area (Å²) in [6, 6.07) is 0. The molecule has 62 heavy (non-hydrogen) atoms. The SMILES string of the molecule is CC/C=C\C/C=C\C/C=C\C/C=C\C/C=C\CCCCCC(=O)O[C@H](COC(=O)CCCCCCC/C=C\C=C\C(=O)CCCCC)COP(=O)(O)OC[C@@H](O)COP(=O)(O)O. The molecule has 0 aromatic heterocycles. The zero-order valence-electron chi connectivity index (χ0n) is 37.2. The van der Waals surface area contributed by atoms with E-state index in [0.29, 0.717) is 19.3 Å². The van der Waals surface area contributed by atoms with Gasteiger partial charge in [0.25, 0.3) is 0 Å². The first kappa shape index (κ1) is 59.0. The van der Waals surface area contributed by atoms with Gasteiger partial charge < -0.3 is 29.3 Å². The average Bonchev–Trinajstić information content (AvgIpc) is 3.23. The Labute approximate surface area is 371 Å². The molecule has 1 unspecified atom stereocenters. The number of hydrogen-bond donors (Lipinski definition) is 4. The highest BCUT2D eigenvalue weighted by atomic mass is 31.2. The van der Waals surface area contributed by atoms with E-state index < -0.39 is 66.2 Å². The quantitative estimate of drug-likeness (QED) is 0.0112. The zero-order valence-corrected chi connectivity index (χ0v) is 39.0. The van der Waals surface area contributed by atoms with E-state index in [9.17, 15) is 33.5 Å². The molecule has 0 bridgehead atoms. The summed E-state index contributed by atoms with van der Waals surface area (Å²) in [4.78, 5) is 64.5. The maximum absolute atomic E-state index is 12.7. The first-order chi connectivity index (χ1) is 29.8. The van der Waals surface area contributed by atoms with E-state index in [4.69, 9.17) is 23.8 Å². The van der Waals surface area contributed by atoms with Gasteiger partial charge in [0.2, 0.25) is 0 Å². The summed E-state index contributed by atoms with van der Waals surface area (Å²) in [5.74, 6) is -0.991. The third-order valence-corrected chi connectivity index (χ3v) is 10.2. The van der Waals surface area contributed by atoms with Crippen LogP contribution in [-0.4, -0.2) is 76.1 Å². The lowest BCUT2D eigenvalue weighted by Gasteiger charge is -2.20. The maximum Gasteiger partial charge on any atom is 0.472 e. The van der Waals surface area contributed by atoms with Gasteiger partial charge in [0, 0.05) is 19.3 Å². The van der Waals surface area contributed by atoms with E-state index in [1.807, 2.05) is 12.2 Å². The van der Waals surface area contributed by atoms with Crippen molar-refractivity contribution in [2.24, 2.45) is 0 Å².